The van der Waals surface area contributed by atoms with Gasteiger partial charge in [0.25, 0.3) is 5.67 Å². The molecular formula is C21H15FN2O4. The van der Waals surface area contributed by atoms with E-state index in [9.17, 15) is 14.9 Å². The summed E-state index contributed by atoms with van der Waals surface area (Å²) in [5, 5.41) is 16.5. The summed E-state index contributed by atoms with van der Waals surface area (Å²) in [5.74, 6) is -2.62. The molecule has 1 aliphatic heterocycles. The van der Waals surface area contributed by atoms with E-state index in [1.54, 1.807) is 54.6 Å². The second kappa shape index (κ2) is 6.84. The molecule has 0 N–H and O–H groups in total. The molecule has 0 aliphatic carbocycles. The number of nitrogens with zero attached hydrogens (tertiary/aromatic N) is 2. The van der Waals surface area contributed by atoms with Crippen LogP contribution in [0.1, 0.15) is 17.0 Å². The van der Waals surface area contributed by atoms with Crippen molar-refractivity contribution in [1.29, 1.82) is 0 Å². The van der Waals surface area contributed by atoms with Gasteiger partial charge in [-0.2, -0.15) is 0 Å². The first-order valence-corrected chi connectivity index (χ1v) is 8.65. The highest BCUT2D eigenvalue weighted by Gasteiger charge is 2.59. The van der Waals surface area contributed by atoms with Crippen molar-refractivity contribution in [2.45, 2.75) is 11.6 Å². The van der Waals surface area contributed by atoms with Gasteiger partial charge in [-0.05, 0) is 16.3 Å². The van der Waals surface area contributed by atoms with Crippen molar-refractivity contribution in [2.75, 3.05) is 6.54 Å². The van der Waals surface area contributed by atoms with Crippen LogP contribution in [-0.4, -0.2) is 28.8 Å². The molecule has 4 rings (SSSR count). The Morgan fingerprint density at radius 3 is 2.46 bits per heavy atom. The van der Waals surface area contributed by atoms with E-state index in [4.69, 9.17) is 4.84 Å². The summed E-state index contributed by atoms with van der Waals surface area (Å²) in [4.78, 5) is 27.9. The molecule has 0 bridgehead atoms. The SMILES string of the molecule is O=C1ON=C(c2cccc3ccccc23)[C@@]1(F)[C@H](C[N+](=O)[O-])c1ccccc1. The van der Waals surface area contributed by atoms with Gasteiger partial charge in [0.1, 0.15) is 5.71 Å². The normalized spacial score (nSPS) is 19.9. The van der Waals surface area contributed by atoms with Crippen molar-refractivity contribution in [3.63, 3.8) is 0 Å². The molecule has 0 aromatic heterocycles. The van der Waals surface area contributed by atoms with Crippen molar-refractivity contribution in [1.82, 2.24) is 0 Å². The lowest BCUT2D eigenvalue weighted by atomic mass is 9.77. The number of nitro groups is 1. The van der Waals surface area contributed by atoms with Crippen molar-refractivity contribution in [2.24, 2.45) is 5.16 Å². The van der Waals surface area contributed by atoms with Gasteiger partial charge in [-0.25, -0.2) is 9.18 Å². The Bertz CT molecular complexity index is 1090. The topological polar surface area (TPSA) is 81.8 Å². The van der Waals surface area contributed by atoms with E-state index in [1.807, 2.05) is 18.2 Å². The number of carbonyl (C=O) groups excluding carboxylic acids is 1. The number of halogens is 1. The number of alkyl halides is 1. The number of hydrogen-bond donors (Lipinski definition) is 0. The fourth-order valence-corrected chi connectivity index (χ4v) is 3.60. The third kappa shape index (κ3) is 2.81. The van der Waals surface area contributed by atoms with Gasteiger partial charge in [-0.3, -0.25) is 10.1 Å². The average molecular weight is 378 g/mol. The number of oxime groups is 1. The fourth-order valence-electron chi connectivity index (χ4n) is 3.60. The third-order valence-electron chi connectivity index (χ3n) is 4.92. The van der Waals surface area contributed by atoms with Crippen LogP contribution >= 0.6 is 0 Å². The minimum atomic E-state index is -2.78. The van der Waals surface area contributed by atoms with Crippen molar-refractivity contribution in [3.05, 3.63) is 94.0 Å². The Kier molecular flexibility index (Phi) is 4.35. The summed E-state index contributed by atoms with van der Waals surface area (Å²) in [6.45, 7) is -0.778. The van der Waals surface area contributed by atoms with Gasteiger partial charge < -0.3 is 4.84 Å². The molecule has 7 heteroatoms. The van der Waals surface area contributed by atoms with Gasteiger partial charge in [0.2, 0.25) is 6.54 Å². The zero-order chi connectivity index (χ0) is 19.7. The van der Waals surface area contributed by atoms with Crippen molar-refractivity contribution >= 4 is 22.5 Å². The molecule has 0 saturated carbocycles. The molecule has 3 aromatic rings. The van der Waals surface area contributed by atoms with Gasteiger partial charge in [0.05, 0.1) is 5.92 Å². The third-order valence-corrected chi connectivity index (χ3v) is 4.92. The van der Waals surface area contributed by atoms with E-state index < -0.39 is 29.0 Å². The van der Waals surface area contributed by atoms with Crippen LogP contribution in [0.3, 0.4) is 0 Å². The Labute approximate surface area is 159 Å². The first kappa shape index (κ1) is 17.8. The molecule has 0 spiro atoms. The summed E-state index contributed by atoms with van der Waals surface area (Å²) in [6.07, 6.45) is 0. The zero-order valence-corrected chi connectivity index (χ0v) is 14.6. The molecule has 0 fully saturated rings. The highest BCUT2D eigenvalue weighted by Crippen LogP contribution is 2.41. The largest absolute Gasteiger partial charge is 0.379 e. The highest BCUT2D eigenvalue weighted by atomic mass is 19.1. The minimum Gasteiger partial charge on any atom is -0.314 e. The minimum absolute atomic E-state index is 0.245. The summed E-state index contributed by atoms with van der Waals surface area (Å²) in [5.41, 5.74) is -2.33. The molecule has 0 radical (unpaired) electrons. The van der Waals surface area contributed by atoms with E-state index >= 15 is 4.39 Å². The molecule has 0 saturated heterocycles. The predicted octanol–water partition coefficient (Wildman–Crippen LogP) is 3.87. The smallest absolute Gasteiger partial charge is 0.314 e. The second-order valence-corrected chi connectivity index (χ2v) is 6.54. The van der Waals surface area contributed by atoms with Crippen LogP contribution in [0.4, 0.5) is 4.39 Å². The van der Waals surface area contributed by atoms with E-state index in [0.29, 0.717) is 16.5 Å². The lowest BCUT2D eigenvalue weighted by molar-refractivity contribution is -0.485. The Morgan fingerprint density at radius 1 is 1.04 bits per heavy atom. The first-order valence-electron chi connectivity index (χ1n) is 8.65. The van der Waals surface area contributed by atoms with Gasteiger partial charge in [0.15, 0.2) is 0 Å². The number of hydrogen-bond acceptors (Lipinski definition) is 5. The molecule has 2 atom stereocenters. The Morgan fingerprint density at radius 2 is 1.71 bits per heavy atom. The van der Waals surface area contributed by atoms with Crippen LogP contribution in [0.25, 0.3) is 10.8 Å². The number of rotatable bonds is 5. The van der Waals surface area contributed by atoms with Gasteiger partial charge in [0, 0.05) is 10.5 Å². The number of benzene rings is 3. The highest BCUT2D eigenvalue weighted by molar-refractivity contribution is 6.25. The molecule has 1 aliphatic rings. The molecule has 28 heavy (non-hydrogen) atoms. The summed E-state index contributed by atoms with van der Waals surface area (Å²) < 4.78 is 16.4. The molecule has 0 unspecified atom stereocenters. The van der Waals surface area contributed by atoms with Crippen LogP contribution in [0.5, 0.6) is 0 Å². The van der Waals surface area contributed by atoms with Crippen molar-refractivity contribution in [3.8, 4) is 0 Å². The van der Waals surface area contributed by atoms with Gasteiger partial charge >= 0.3 is 5.97 Å². The second-order valence-electron chi connectivity index (χ2n) is 6.54. The molecular weight excluding hydrogens is 363 g/mol. The maximum absolute atomic E-state index is 16.4. The quantitative estimate of drug-likeness (QED) is 0.383. The molecule has 0 amide bonds. The monoisotopic (exact) mass is 378 g/mol. The van der Waals surface area contributed by atoms with Crippen LogP contribution in [0.2, 0.25) is 0 Å². The van der Waals surface area contributed by atoms with Gasteiger partial charge in [-0.1, -0.05) is 78.0 Å². The Hall–Kier alpha value is -3.61. The maximum Gasteiger partial charge on any atom is 0.379 e. The lowest BCUT2D eigenvalue weighted by Crippen LogP contribution is -2.47. The van der Waals surface area contributed by atoms with Crippen LogP contribution in [0.15, 0.2) is 78.0 Å². The number of fused-ring (bicyclic) bond motifs is 1. The van der Waals surface area contributed by atoms with E-state index in [0.717, 1.165) is 5.39 Å². The van der Waals surface area contributed by atoms with E-state index in [-0.39, 0.29) is 5.71 Å². The lowest BCUT2D eigenvalue weighted by Gasteiger charge is -2.26. The fraction of sp³-hybridized carbons (Fsp3) is 0.143. The standard InChI is InChI=1S/C21H15FN2O4/c22-21(18(13-24(26)27)15-8-2-1-3-9-15)19(23-28-20(21)25)17-12-6-10-14-7-4-5-11-16(14)17/h1-12,18H,13H2/t18-,21+/m1/s1. The first-order chi connectivity index (χ1) is 13.5. The van der Waals surface area contributed by atoms with Crippen LogP contribution in [-0.2, 0) is 9.63 Å². The maximum atomic E-state index is 16.4. The zero-order valence-electron chi connectivity index (χ0n) is 14.6. The average Bonchev–Trinajstić information content (AvgIpc) is 3.01. The molecule has 140 valence electrons. The Balaban J connectivity index is 1.90. The molecule has 6 nitrogen and oxygen atoms in total. The molecule has 3 aromatic carbocycles. The molecule has 1 heterocycles. The van der Waals surface area contributed by atoms with E-state index in [2.05, 4.69) is 5.16 Å². The van der Waals surface area contributed by atoms with E-state index in [1.165, 1.54) is 0 Å². The van der Waals surface area contributed by atoms with Crippen LogP contribution in [0, 0.1) is 10.1 Å². The summed E-state index contributed by atoms with van der Waals surface area (Å²) in [6, 6.07) is 20.6. The van der Waals surface area contributed by atoms with Crippen LogP contribution < -0.4 is 0 Å². The van der Waals surface area contributed by atoms with Gasteiger partial charge in [-0.15, -0.1) is 0 Å². The number of carbonyl (C=O) groups is 1. The van der Waals surface area contributed by atoms with Crippen molar-refractivity contribution < 1.29 is 18.9 Å². The summed E-state index contributed by atoms with van der Waals surface area (Å²) >= 11 is 0. The predicted molar refractivity (Wildman–Crippen MR) is 101 cm³/mol. The summed E-state index contributed by atoms with van der Waals surface area (Å²) in [7, 11) is 0.